The average Bonchev–Trinajstić information content (AvgIpc) is 2.71. The molecule has 0 amide bonds. The van der Waals surface area contributed by atoms with Crippen molar-refractivity contribution in [1.29, 1.82) is 0 Å². The normalized spacial score (nSPS) is 11.4. The van der Waals surface area contributed by atoms with Crippen LogP contribution in [0.1, 0.15) is 155 Å². The molecule has 0 aliphatic rings. The molecular formula is C27H55O. The molecule has 0 aromatic carbocycles. The van der Waals surface area contributed by atoms with E-state index < -0.39 is 0 Å². The van der Waals surface area contributed by atoms with Crippen LogP contribution >= 0.6 is 0 Å². The smallest absolute Gasteiger partial charge is 0.0466 e. The van der Waals surface area contributed by atoms with Gasteiger partial charge in [-0.15, -0.1) is 0 Å². The molecule has 0 aromatic heterocycles. The van der Waals surface area contributed by atoms with E-state index >= 15 is 0 Å². The van der Waals surface area contributed by atoms with E-state index in [4.69, 9.17) is 4.74 Å². The van der Waals surface area contributed by atoms with Gasteiger partial charge in [0.15, 0.2) is 0 Å². The molecule has 169 valence electrons. The molecule has 1 radical (unpaired) electrons. The standard InChI is InChI=1S/C27H55O/c1-3-5-7-8-9-10-11-12-13-14-15-16-17-18-19-20-21-22-23-24-25-27-28-26-6-4-2/h1,3-27H2,2H3. The van der Waals surface area contributed by atoms with Crippen molar-refractivity contribution in [2.24, 2.45) is 0 Å². The van der Waals surface area contributed by atoms with Gasteiger partial charge < -0.3 is 4.74 Å². The van der Waals surface area contributed by atoms with Gasteiger partial charge in [-0.3, -0.25) is 0 Å². The van der Waals surface area contributed by atoms with Crippen LogP contribution in [-0.4, -0.2) is 13.2 Å². The molecular weight excluding hydrogens is 340 g/mol. The first-order chi connectivity index (χ1) is 13.9. The Labute approximate surface area is 179 Å². The lowest BCUT2D eigenvalue weighted by molar-refractivity contribution is 0.127. The SMILES string of the molecule is [CH2]CCCCCCCCCCCCCCCCCCCCCCOCCCC. The highest BCUT2D eigenvalue weighted by Gasteiger charge is 1.96. The van der Waals surface area contributed by atoms with Gasteiger partial charge in [-0.05, 0) is 12.8 Å². The van der Waals surface area contributed by atoms with Crippen molar-refractivity contribution < 1.29 is 4.74 Å². The Morgan fingerprint density at radius 2 is 0.679 bits per heavy atom. The highest BCUT2D eigenvalue weighted by molar-refractivity contribution is 4.51. The number of rotatable bonds is 25. The van der Waals surface area contributed by atoms with Gasteiger partial charge in [0.1, 0.15) is 0 Å². The molecule has 0 bridgehead atoms. The Hall–Kier alpha value is -0.0400. The van der Waals surface area contributed by atoms with Crippen LogP contribution in [0.5, 0.6) is 0 Å². The van der Waals surface area contributed by atoms with E-state index in [0.29, 0.717) is 0 Å². The summed E-state index contributed by atoms with van der Waals surface area (Å²) in [6.07, 6.45) is 32.3. The third-order valence-corrected chi connectivity index (χ3v) is 5.93. The largest absolute Gasteiger partial charge is 0.381 e. The van der Waals surface area contributed by atoms with E-state index in [2.05, 4.69) is 13.8 Å². The molecule has 0 aliphatic heterocycles. The minimum Gasteiger partial charge on any atom is -0.381 e. The highest BCUT2D eigenvalue weighted by atomic mass is 16.5. The molecule has 0 aromatic rings. The van der Waals surface area contributed by atoms with Gasteiger partial charge >= 0.3 is 0 Å². The van der Waals surface area contributed by atoms with Crippen molar-refractivity contribution in [3.63, 3.8) is 0 Å². The van der Waals surface area contributed by atoms with Crippen molar-refractivity contribution >= 4 is 0 Å². The molecule has 0 spiro atoms. The third kappa shape index (κ3) is 26.0. The summed E-state index contributed by atoms with van der Waals surface area (Å²) in [7, 11) is 0. The van der Waals surface area contributed by atoms with Crippen LogP contribution in [-0.2, 0) is 4.74 Å². The van der Waals surface area contributed by atoms with Crippen LogP contribution in [0.2, 0.25) is 0 Å². The lowest BCUT2D eigenvalue weighted by Crippen LogP contribution is -1.96. The van der Waals surface area contributed by atoms with E-state index in [9.17, 15) is 0 Å². The second-order valence-corrected chi connectivity index (χ2v) is 8.89. The molecule has 0 heterocycles. The van der Waals surface area contributed by atoms with Gasteiger partial charge in [0.2, 0.25) is 0 Å². The molecule has 0 saturated carbocycles. The summed E-state index contributed by atoms with van der Waals surface area (Å²) >= 11 is 0. The monoisotopic (exact) mass is 395 g/mol. The Morgan fingerprint density at radius 1 is 0.393 bits per heavy atom. The summed E-state index contributed by atoms with van der Waals surface area (Å²) in [5.41, 5.74) is 0. The lowest BCUT2D eigenvalue weighted by atomic mass is 10.0. The zero-order valence-electron chi connectivity index (χ0n) is 19.8. The first kappa shape index (κ1) is 28.0. The molecule has 28 heavy (non-hydrogen) atoms. The first-order valence-corrected chi connectivity index (χ1v) is 13.3. The van der Waals surface area contributed by atoms with Gasteiger partial charge in [-0.25, -0.2) is 0 Å². The molecule has 0 atom stereocenters. The van der Waals surface area contributed by atoms with Crippen molar-refractivity contribution in [1.82, 2.24) is 0 Å². The molecule has 0 rings (SSSR count). The topological polar surface area (TPSA) is 9.23 Å². The Kier molecular flexibility index (Phi) is 26.9. The van der Waals surface area contributed by atoms with E-state index in [-0.39, 0.29) is 0 Å². The van der Waals surface area contributed by atoms with Crippen molar-refractivity contribution in [2.75, 3.05) is 13.2 Å². The second-order valence-electron chi connectivity index (χ2n) is 8.89. The van der Waals surface area contributed by atoms with E-state index in [1.54, 1.807) is 0 Å². The van der Waals surface area contributed by atoms with E-state index in [1.165, 1.54) is 141 Å². The summed E-state index contributed by atoms with van der Waals surface area (Å²) in [5.74, 6) is 0. The van der Waals surface area contributed by atoms with E-state index in [1.807, 2.05) is 0 Å². The van der Waals surface area contributed by atoms with Crippen LogP contribution < -0.4 is 0 Å². The molecule has 0 unspecified atom stereocenters. The fourth-order valence-electron chi connectivity index (χ4n) is 3.91. The van der Waals surface area contributed by atoms with Crippen molar-refractivity contribution in [3.8, 4) is 0 Å². The maximum absolute atomic E-state index is 5.61. The predicted molar refractivity (Wildman–Crippen MR) is 128 cm³/mol. The fourth-order valence-corrected chi connectivity index (χ4v) is 3.91. The Balaban J connectivity index is 2.96. The highest BCUT2D eigenvalue weighted by Crippen LogP contribution is 2.15. The Morgan fingerprint density at radius 3 is 1.00 bits per heavy atom. The second kappa shape index (κ2) is 27.0. The quantitative estimate of drug-likeness (QED) is 0.140. The van der Waals surface area contributed by atoms with Crippen LogP contribution in [0.3, 0.4) is 0 Å². The number of ether oxygens (including phenoxy) is 1. The zero-order chi connectivity index (χ0) is 20.4. The maximum Gasteiger partial charge on any atom is 0.0466 e. The van der Waals surface area contributed by atoms with E-state index in [0.717, 1.165) is 19.6 Å². The summed E-state index contributed by atoms with van der Waals surface area (Å²) in [4.78, 5) is 0. The predicted octanol–water partition coefficient (Wildman–Crippen LogP) is 9.83. The third-order valence-electron chi connectivity index (χ3n) is 5.93. The minimum atomic E-state index is 0.966. The summed E-state index contributed by atoms with van der Waals surface area (Å²) < 4.78 is 5.61. The summed E-state index contributed by atoms with van der Waals surface area (Å²) in [5, 5.41) is 0. The van der Waals surface area contributed by atoms with Gasteiger partial charge in [0, 0.05) is 13.2 Å². The lowest BCUT2D eigenvalue weighted by Gasteiger charge is -2.04. The fraction of sp³-hybridized carbons (Fsp3) is 0.963. The number of hydrogen-bond acceptors (Lipinski definition) is 1. The van der Waals surface area contributed by atoms with Crippen LogP contribution in [0.25, 0.3) is 0 Å². The summed E-state index contributed by atoms with van der Waals surface area (Å²) in [6.45, 7) is 8.08. The molecule has 1 heteroatoms. The number of unbranched alkanes of at least 4 members (excludes halogenated alkanes) is 21. The average molecular weight is 396 g/mol. The molecule has 0 aliphatic carbocycles. The van der Waals surface area contributed by atoms with Crippen LogP contribution in [0.4, 0.5) is 0 Å². The molecule has 0 N–H and O–H groups in total. The van der Waals surface area contributed by atoms with Gasteiger partial charge in [-0.2, -0.15) is 0 Å². The Bertz CT molecular complexity index is 225. The van der Waals surface area contributed by atoms with Gasteiger partial charge in [0.05, 0.1) is 0 Å². The molecule has 0 saturated heterocycles. The van der Waals surface area contributed by atoms with Crippen LogP contribution in [0.15, 0.2) is 0 Å². The maximum atomic E-state index is 5.61. The van der Waals surface area contributed by atoms with Crippen LogP contribution in [0, 0.1) is 6.92 Å². The first-order valence-electron chi connectivity index (χ1n) is 13.3. The van der Waals surface area contributed by atoms with Crippen molar-refractivity contribution in [2.45, 2.75) is 155 Å². The zero-order valence-corrected chi connectivity index (χ0v) is 19.8. The van der Waals surface area contributed by atoms with Gasteiger partial charge in [-0.1, -0.05) is 149 Å². The molecule has 1 nitrogen and oxygen atoms in total. The van der Waals surface area contributed by atoms with Gasteiger partial charge in [0.25, 0.3) is 0 Å². The summed E-state index contributed by atoms with van der Waals surface area (Å²) in [6, 6.07) is 0. The molecule has 0 fully saturated rings. The number of hydrogen-bond donors (Lipinski definition) is 0. The van der Waals surface area contributed by atoms with Crippen molar-refractivity contribution in [3.05, 3.63) is 6.92 Å². The minimum absolute atomic E-state index is 0.966.